The molecule has 0 aliphatic heterocycles. The van der Waals surface area contributed by atoms with Crippen LogP contribution in [0.15, 0.2) is 53.7 Å². The van der Waals surface area contributed by atoms with Gasteiger partial charge >= 0.3 is 0 Å². The van der Waals surface area contributed by atoms with E-state index >= 15 is 0 Å². The van der Waals surface area contributed by atoms with Crippen molar-refractivity contribution in [2.75, 3.05) is 7.11 Å². The average molecular weight is 258 g/mol. The van der Waals surface area contributed by atoms with Gasteiger partial charge in [-0.15, -0.1) is 0 Å². The maximum atomic E-state index is 8.76. The molecule has 0 heterocycles. The fourth-order valence-corrected chi connectivity index (χ4v) is 1.64. The first-order chi connectivity index (χ1) is 9.26. The predicted octanol–water partition coefficient (Wildman–Crippen LogP) is 2.58. The number of benzene rings is 2. The molecule has 0 unspecified atom stereocenters. The summed E-state index contributed by atoms with van der Waals surface area (Å²) in [5, 5.41) is 11.7. The number of hydrogen-bond acceptors (Lipinski definition) is 4. The first-order valence-electron chi connectivity index (χ1n) is 5.64. The van der Waals surface area contributed by atoms with Crippen LogP contribution in [0, 0.1) is 0 Å². The van der Waals surface area contributed by atoms with Crippen molar-refractivity contribution in [3.8, 4) is 17.2 Å². The molecule has 0 radical (unpaired) electrons. The molecule has 0 aliphatic rings. The SMILES string of the molecule is COc1ccccc1Oc1ccccc1/C(N)=N/O. The van der Waals surface area contributed by atoms with Crippen LogP contribution in [-0.2, 0) is 0 Å². The molecule has 0 aliphatic carbocycles. The second-order valence-electron chi connectivity index (χ2n) is 3.73. The Morgan fingerprint density at radius 3 is 2.21 bits per heavy atom. The van der Waals surface area contributed by atoms with E-state index in [1.54, 1.807) is 43.5 Å². The molecule has 0 fully saturated rings. The van der Waals surface area contributed by atoms with Crippen LogP contribution >= 0.6 is 0 Å². The van der Waals surface area contributed by atoms with E-state index in [1.165, 1.54) is 0 Å². The number of nitrogens with two attached hydrogens (primary N) is 1. The minimum Gasteiger partial charge on any atom is -0.493 e. The Kier molecular flexibility index (Phi) is 3.87. The average Bonchev–Trinajstić information content (AvgIpc) is 2.47. The van der Waals surface area contributed by atoms with E-state index in [4.69, 9.17) is 20.4 Å². The zero-order valence-corrected chi connectivity index (χ0v) is 10.4. The molecule has 0 spiro atoms. The third kappa shape index (κ3) is 2.77. The van der Waals surface area contributed by atoms with Crippen molar-refractivity contribution in [3.05, 3.63) is 54.1 Å². The Balaban J connectivity index is 2.39. The van der Waals surface area contributed by atoms with E-state index in [9.17, 15) is 0 Å². The van der Waals surface area contributed by atoms with Gasteiger partial charge in [0.25, 0.3) is 0 Å². The van der Waals surface area contributed by atoms with Crippen LogP contribution in [-0.4, -0.2) is 18.2 Å². The van der Waals surface area contributed by atoms with Gasteiger partial charge in [0.2, 0.25) is 0 Å². The number of amidine groups is 1. The number of methoxy groups -OCH3 is 1. The van der Waals surface area contributed by atoms with E-state index in [-0.39, 0.29) is 5.84 Å². The molecule has 0 amide bonds. The number of oxime groups is 1. The van der Waals surface area contributed by atoms with Crippen molar-refractivity contribution in [1.82, 2.24) is 0 Å². The zero-order chi connectivity index (χ0) is 13.7. The monoisotopic (exact) mass is 258 g/mol. The molecule has 0 bridgehead atoms. The van der Waals surface area contributed by atoms with Crippen molar-refractivity contribution in [2.24, 2.45) is 10.9 Å². The lowest BCUT2D eigenvalue weighted by Gasteiger charge is -2.12. The van der Waals surface area contributed by atoms with Gasteiger partial charge in [-0.05, 0) is 24.3 Å². The standard InChI is InChI=1S/C14H14N2O3/c1-18-12-8-4-5-9-13(12)19-11-7-3-2-6-10(11)14(15)16-17/h2-9,17H,1H3,(H2,15,16). The van der Waals surface area contributed by atoms with Crippen molar-refractivity contribution < 1.29 is 14.7 Å². The van der Waals surface area contributed by atoms with Crippen LogP contribution in [0.5, 0.6) is 17.2 Å². The van der Waals surface area contributed by atoms with Gasteiger partial charge in [-0.2, -0.15) is 0 Å². The Morgan fingerprint density at radius 2 is 1.58 bits per heavy atom. The molecule has 2 aromatic rings. The third-order valence-electron chi connectivity index (χ3n) is 2.56. The van der Waals surface area contributed by atoms with Crippen molar-refractivity contribution in [2.45, 2.75) is 0 Å². The van der Waals surface area contributed by atoms with E-state index in [0.29, 0.717) is 22.8 Å². The lowest BCUT2D eigenvalue weighted by Crippen LogP contribution is -2.14. The van der Waals surface area contributed by atoms with E-state index in [2.05, 4.69) is 5.16 Å². The highest BCUT2D eigenvalue weighted by Crippen LogP contribution is 2.32. The molecule has 5 nitrogen and oxygen atoms in total. The number of rotatable bonds is 4. The summed E-state index contributed by atoms with van der Waals surface area (Å²) < 4.78 is 11.0. The fourth-order valence-electron chi connectivity index (χ4n) is 1.64. The first-order valence-corrected chi connectivity index (χ1v) is 5.64. The van der Waals surface area contributed by atoms with Crippen molar-refractivity contribution >= 4 is 5.84 Å². The lowest BCUT2D eigenvalue weighted by atomic mass is 10.2. The first kappa shape index (κ1) is 12.8. The minimum absolute atomic E-state index is 0.00880. The summed E-state index contributed by atoms with van der Waals surface area (Å²) in [4.78, 5) is 0. The molecule has 0 atom stereocenters. The second kappa shape index (κ2) is 5.77. The largest absolute Gasteiger partial charge is 0.493 e. The maximum absolute atomic E-state index is 8.76. The normalized spacial score (nSPS) is 11.1. The Hall–Kier alpha value is -2.69. The molecule has 5 heteroatoms. The highest BCUT2D eigenvalue weighted by Gasteiger charge is 2.10. The van der Waals surface area contributed by atoms with Crippen LogP contribution in [0.4, 0.5) is 0 Å². The summed E-state index contributed by atoms with van der Waals surface area (Å²) in [6, 6.07) is 14.3. The van der Waals surface area contributed by atoms with Gasteiger partial charge in [-0.3, -0.25) is 0 Å². The number of para-hydroxylation sites is 3. The van der Waals surface area contributed by atoms with Crippen LogP contribution in [0.1, 0.15) is 5.56 Å². The van der Waals surface area contributed by atoms with E-state index in [1.807, 2.05) is 12.1 Å². The van der Waals surface area contributed by atoms with Crippen molar-refractivity contribution in [1.29, 1.82) is 0 Å². The summed E-state index contributed by atoms with van der Waals surface area (Å²) in [7, 11) is 1.57. The van der Waals surface area contributed by atoms with E-state index in [0.717, 1.165) is 0 Å². The number of nitrogens with zero attached hydrogens (tertiary/aromatic N) is 1. The third-order valence-corrected chi connectivity index (χ3v) is 2.56. The summed E-state index contributed by atoms with van der Waals surface area (Å²) in [5.41, 5.74) is 6.12. The Bertz CT molecular complexity index is 597. The highest BCUT2D eigenvalue weighted by molar-refractivity contribution is 5.99. The molecule has 98 valence electrons. The number of hydrogen-bond donors (Lipinski definition) is 2. The number of ether oxygens (including phenoxy) is 2. The molecule has 0 saturated carbocycles. The topological polar surface area (TPSA) is 77.1 Å². The van der Waals surface area contributed by atoms with E-state index < -0.39 is 0 Å². The smallest absolute Gasteiger partial charge is 0.173 e. The molecule has 0 aromatic heterocycles. The molecule has 3 N–H and O–H groups in total. The summed E-state index contributed by atoms with van der Waals surface area (Å²) in [6.07, 6.45) is 0. The van der Waals surface area contributed by atoms with Gasteiger partial charge in [0, 0.05) is 0 Å². The van der Waals surface area contributed by atoms with Gasteiger partial charge in [0.1, 0.15) is 5.75 Å². The van der Waals surface area contributed by atoms with Gasteiger partial charge in [0.15, 0.2) is 17.3 Å². The summed E-state index contributed by atoms with van der Waals surface area (Å²) >= 11 is 0. The summed E-state index contributed by atoms with van der Waals surface area (Å²) in [5.74, 6) is 1.65. The van der Waals surface area contributed by atoms with Gasteiger partial charge in [0.05, 0.1) is 12.7 Å². The molecule has 2 rings (SSSR count). The second-order valence-corrected chi connectivity index (χ2v) is 3.73. The quantitative estimate of drug-likeness (QED) is 0.382. The lowest BCUT2D eigenvalue weighted by molar-refractivity contribution is 0.318. The Morgan fingerprint density at radius 1 is 1.00 bits per heavy atom. The van der Waals surface area contributed by atoms with Crippen LogP contribution in [0.25, 0.3) is 0 Å². The molecular weight excluding hydrogens is 244 g/mol. The zero-order valence-electron chi connectivity index (χ0n) is 10.4. The minimum atomic E-state index is -0.00880. The Labute approximate surface area is 110 Å². The van der Waals surface area contributed by atoms with Gasteiger partial charge < -0.3 is 20.4 Å². The van der Waals surface area contributed by atoms with Crippen LogP contribution in [0.2, 0.25) is 0 Å². The van der Waals surface area contributed by atoms with Crippen molar-refractivity contribution in [3.63, 3.8) is 0 Å². The molecule has 19 heavy (non-hydrogen) atoms. The maximum Gasteiger partial charge on any atom is 0.173 e. The van der Waals surface area contributed by atoms with Gasteiger partial charge in [-0.25, -0.2) is 0 Å². The summed E-state index contributed by atoms with van der Waals surface area (Å²) in [6.45, 7) is 0. The highest BCUT2D eigenvalue weighted by atomic mass is 16.5. The van der Waals surface area contributed by atoms with Gasteiger partial charge in [-0.1, -0.05) is 29.4 Å². The molecule has 2 aromatic carbocycles. The predicted molar refractivity (Wildman–Crippen MR) is 72.0 cm³/mol. The molecule has 0 saturated heterocycles. The van der Waals surface area contributed by atoms with Crippen LogP contribution < -0.4 is 15.2 Å². The van der Waals surface area contributed by atoms with Crippen LogP contribution in [0.3, 0.4) is 0 Å². The molecular formula is C14H14N2O3. The fraction of sp³-hybridized carbons (Fsp3) is 0.0714.